The highest BCUT2D eigenvalue weighted by Gasteiger charge is 2.06. The van der Waals surface area contributed by atoms with Crippen LogP contribution in [-0.4, -0.2) is 26.2 Å². The standard InChI is InChI=1S/C19H19N3O2/c1-22(2)19-11-10-16(24-19)13-20-21-18(23)12-15-8-5-7-14-6-3-4-9-17(14)15/h3-11,13H,12H2,1-2H3,(H,21,23)/b20-13-. The van der Waals surface area contributed by atoms with Crippen molar-refractivity contribution >= 4 is 28.8 Å². The van der Waals surface area contributed by atoms with Crippen LogP contribution in [0.2, 0.25) is 0 Å². The van der Waals surface area contributed by atoms with Crippen LogP contribution in [0.15, 0.2) is 64.1 Å². The van der Waals surface area contributed by atoms with Crippen LogP contribution in [0.3, 0.4) is 0 Å². The molecule has 1 heterocycles. The zero-order valence-electron chi connectivity index (χ0n) is 13.7. The van der Waals surface area contributed by atoms with E-state index in [4.69, 9.17) is 4.42 Å². The molecule has 1 aromatic heterocycles. The van der Waals surface area contributed by atoms with Crippen molar-refractivity contribution in [3.05, 3.63) is 65.9 Å². The van der Waals surface area contributed by atoms with Gasteiger partial charge in [-0.15, -0.1) is 0 Å². The van der Waals surface area contributed by atoms with Gasteiger partial charge in [-0.25, -0.2) is 5.43 Å². The van der Waals surface area contributed by atoms with Crippen molar-refractivity contribution in [1.82, 2.24) is 5.43 Å². The molecule has 0 unspecified atom stereocenters. The van der Waals surface area contributed by atoms with Crippen molar-refractivity contribution in [3.8, 4) is 0 Å². The van der Waals surface area contributed by atoms with Crippen LogP contribution >= 0.6 is 0 Å². The summed E-state index contributed by atoms with van der Waals surface area (Å²) in [5, 5.41) is 6.16. The third kappa shape index (κ3) is 3.63. The molecule has 3 rings (SSSR count). The SMILES string of the molecule is CN(C)c1ccc(/C=N\NC(=O)Cc2cccc3ccccc23)o1. The number of rotatable bonds is 5. The normalized spacial score (nSPS) is 11.1. The van der Waals surface area contributed by atoms with Gasteiger partial charge in [-0.1, -0.05) is 42.5 Å². The van der Waals surface area contributed by atoms with Crippen molar-refractivity contribution in [1.29, 1.82) is 0 Å². The molecule has 3 aromatic rings. The van der Waals surface area contributed by atoms with Crippen LogP contribution in [0.4, 0.5) is 5.88 Å². The lowest BCUT2D eigenvalue weighted by Gasteiger charge is -2.06. The average molecular weight is 321 g/mol. The molecule has 0 aliphatic rings. The number of fused-ring (bicyclic) bond motifs is 1. The minimum absolute atomic E-state index is 0.165. The highest BCUT2D eigenvalue weighted by Crippen LogP contribution is 2.18. The number of benzene rings is 2. The molecule has 5 nitrogen and oxygen atoms in total. The van der Waals surface area contributed by atoms with Crippen molar-refractivity contribution in [2.75, 3.05) is 19.0 Å². The number of carbonyl (C=O) groups excluding carboxylic acids is 1. The van der Waals surface area contributed by atoms with Gasteiger partial charge in [0.2, 0.25) is 5.91 Å². The molecular formula is C19H19N3O2. The Kier molecular flexibility index (Phi) is 4.61. The van der Waals surface area contributed by atoms with Crippen LogP contribution in [0.25, 0.3) is 10.8 Å². The lowest BCUT2D eigenvalue weighted by molar-refractivity contribution is -0.120. The van der Waals surface area contributed by atoms with Crippen LogP contribution < -0.4 is 10.3 Å². The van der Waals surface area contributed by atoms with Crippen LogP contribution in [-0.2, 0) is 11.2 Å². The summed E-state index contributed by atoms with van der Waals surface area (Å²) in [5.74, 6) is 1.16. The van der Waals surface area contributed by atoms with E-state index < -0.39 is 0 Å². The summed E-state index contributed by atoms with van der Waals surface area (Å²) in [6.45, 7) is 0. The Labute approximate surface area is 140 Å². The number of hydrazone groups is 1. The minimum Gasteiger partial charge on any atom is -0.440 e. The number of furan rings is 1. The Bertz CT molecular complexity index is 876. The average Bonchev–Trinajstić information content (AvgIpc) is 3.04. The van der Waals surface area contributed by atoms with Gasteiger partial charge in [0.1, 0.15) is 5.76 Å². The van der Waals surface area contributed by atoms with Crippen LogP contribution in [0, 0.1) is 0 Å². The number of hydrogen-bond acceptors (Lipinski definition) is 4. The number of carbonyl (C=O) groups is 1. The first kappa shape index (κ1) is 15.8. The molecule has 1 amide bonds. The van der Waals surface area contributed by atoms with E-state index in [0.717, 1.165) is 22.2 Å². The molecule has 5 heteroatoms. The molecule has 0 aliphatic carbocycles. The van der Waals surface area contributed by atoms with E-state index in [1.54, 1.807) is 6.07 Å². The summed E-state index contributed by atoms with van der Waals surface area (Å²) in [6.07, 6.45) is 1.77. The summed E-state index contributed by atoms with van der Waals surface area (Å²) < 4.78 is 5.53. The van der Waals surface area contributed by atoms with E-state index in [0.29, 0.717) is 5.76 Å². The van der Waals surface area contributed by atoms with Gasteiger partial charge in [-0.05, 0) is 22.4 Å². The molecule has 0 fully saturated rings. The predicted octanol–water partition coefficient (Wildman–Crippen LogP) is 3.19. The summed E-state index contributed by atoms with van der Waals surface area (Å²) in [4.78, 5) is 14.0. The Morgan fingerprint density at radius 2 is 1.92 bits per heavy atom. The first-order valence-electron chi connectivity index (χ1n) is 7.69. The summed E-state index contributed by atoms with van der Waals surface area (Å²) in [6, 6.07) is 17.6. The lowest BCUT2D eigenvalue weighted by atomic mass is 10.0. The molecule has 1 N–H and O–H groups in total. The quantitative estimate of drug-likeness (QED) is 0.580. The van der Waals surface area contributed by atoms with Gasteiger partial charge in [0.05, 0.1) is 12.6 Å². The molecular weight excluding hydrogens is 302 g/mol. The zero-order chi connectivity index (χ0) is 16.9. The third-order valence-electron chi connectivity index (χ3n) is 3.67. The van der Waals surface area contributed by atoms with Gasteiger partial charge in [-0.3, -0.25) is 4.79 Å². The smallest absolute Gasteiger partial charge is 0.244 e. The summed E-state index contributed by atoms with van der Waals surface area (Å²) in [7, 11) is 3.79. The number of nitrogens with one attached hydrogen (secondary N) is 1. The molecule has 24 heavy (non-hydrogen) atoms. The second kappa shape index (κ2) is 7.00. The predicted molar refractivity (Wildman–Crippen MR) is 96.4 cm³/mol. The Morgan fingerprint density at radius 3 is 2.71 bits per heavy atom. The number of anilines is 1. The summed E-state index contributed by atoms with van der Waals surface area (Å²) >= 11 is 0. The van der Waals surface area contributed by atoms with Gasteiger partial charge in [0.15, 0.2) is 5.88 Å². The van der Waals surface area contributed by atoms with Crippen molar-refractivity contribution in [2.24, 2.45) is 5.10 Å². The van der Waals surface area contributed by atoms with E-state index in [2.05, 4.69) is 10.5 Å². The molecule has 0 radical (unpaired) electrons. The van der Waals surface area contributed by atoms with Crippen LogP contribution in [0.1, 0.15) is 11.3 Å². The number of nitrogens with zero attached hydrogens (tertiary/aromatic N) is 2. The van der Waals surface area contributed by atoms with Gasteiger partial charge in [-0.2, -0.15) is 5.10 Å². The van der Waals surface area contributed by atoms with Gasteiger partial charge < -0.3 is 9.32 Å². The van der Waals surface area contributed by atoms with Gasteiger partial charge in [0, 0.05) is 20.2 Å². The fraction of sp³-hybridized carbons (Fsp3) is 0.158. The molecule has 0 saturated heterocycles. The molecule has 0 atom stereocenters. The highest BCUT2D eigenvalue weighted by molar-refractivity contribution is 5.90. The zero-order valence-corrected chi connectivity index (χ0v) is 13.7. The first-order chi connectivity index (χ1) is 11.6. The maximum Gasteiger partial charge on any atom is 0.244 e. The van der Waals surface area contributed by atoms with E-state index in [9.17, 15) is 4.79 Å². The number of amides is 1. The van der Waals surface area contributed by atoms with Crippen LogP contribution in [0.5, 0.6) is 0 Å². The molecule has 0 spiro atoms. The molecule has 0 aliphatic heterocycles. The highest BCUT2D eigenvalue weighted by atomic mass is 16.4. The molecule has 0 bridgehead atoms. The minimum atomic E-state index is -0.165. The fourth-order valence-electron chi connectivity index (χ4n) is 2.48. The van der Waals surface area contributed by atoms with Gasteiger partial charge in [0.25, 0.3) is 0 Å². The largest absolute Gasteiger partial charge is 0.440 e. The number of hydrogen-bond donors (Lipinski definition) is 1. The lowest BCUT2D eigenvalue weighted by Crippen LogP contribution is -2.19. The molecule has 0 saturated carbocycles. The first-order valence-corrected chi connectivity index (χ1v) is 7.69. The van der Waals surface area contributed by atoms with Crippen molar-refractivity contribution < 1.29 is 9.21 Å². The van der Waals surface area contributed by atoms with Crippen molar-refractivity contribution in [2.45, 2.75) is 6.42 Å². The second-order valence-corrected chi connectivity index (χ2v) is 5.68. The fourth-order valence-corrected chi connectivity index (χ4v) is 2.48. The Balaban J connectivity index is 1.63. The topological polar surface area (TPSA) is 57.8 Å². The maximum absolute atomic E-state index is 12.1. The van der Waals surface area contributed by atoms with E-state index >= 15 is 0 Å². The van der Waals surface area contributed by atoms with Crippen molar-refractivity contribution in [3.63, 3.8) is 0 Å². The van der Waals surface area contributed by atoms with E-state index in [1.807, 2.05) is 67.5 Å². The third-order valence-corrected chi connectivity index (χ3v) is 3.67. The van der Waals surface area contributed by atoms with E-state index in [1.165, 1.54) is 6.21 Å². The Morgan fingerprint density at radius 1 is 1.12 bits per heavy atom. The van der Waals surface area contributed by atoms with E-state index in [-0.39, 0.29) is 12.3 Å². The monoisotopic (exact) mass is 321 g/mol. The summed E-state index contributed by atoms with van der Waals surface area (Å²) in [5.41, 5.74) is 3.52. The molecule has 2 aromatic carbocycles. The van der Waals surface area contributed by atoms with Gasteiger partial charge >= 0.3 is 0 Å². The Hall–Kier alpha value is -3.08. The second-order valence-electron chi connectivity index (χ2n) is 5.68. The maximum atomic E-state index is 12.1. The molecule has 122 valence electrons.